The highest BCUT2D eigenvalue weighted by Crippen LogP contribution is 2.31. The Labute approximate surface area is 80.5 Å². The Kier molecular flexibility index (Phi) is 3.16. The normalized spacial score (nSPS) is 14.1. The van der Waals surface area contributed by atoms with Gasteiger partial charge in [-0.15, -0.1) is 0 Å². The summed E-state index contributed by atoms with van der Waals surface area (Å²) in [4.78, 5) is 0. The Balaban J connectivity index is 3.01. The Morgan fingerprint density at radius 1 is 1.29 bits per heavy atom. The summed E-state index contributed by atoms with van der Waals surface area (Å²) in [5, 5.41) is 0. The van der Waals surface area contributed by atoms with Gasteiger partial charge in [-0.25, -0.2) is 0 Å². The highest BCUT2D eigenvalue weighted by atomic mass is 19.4. The second-order valence-electron chi connectivity index (χ2n) is 3.00. The van der Waals surface area contributed by atoms with Gasteiger partial charge < -0.3 is 4.74 Å². The molecular weight excluding hydrogens is 193 g/mol. The average molecular weight is 204 g/mol. The number of alkyl halides is 3. The third kappa shape index (κ3) is 2.48. The molecule has 4 heteroatoms. The van der Waals surface area contributed by atoms with E-state index in [1.807, 2.05) is 0 Å². The summed E-state index contributed by atoms with van der Waals surface area (Å²) in [7, 11) is 1.46. The summed E-state index contributed by atoms with van der Waals surface area (Å²) in [6.07, 6.45) is -4.61. The van der Waals surface area contributed by atoms with Crippen molar-refractivity contribution in [2.75, 3.05) is 7.11 Å². The lowest BCUT2D eigenvalue weighted by Crippen LogP contribution is -2.06. The number of benzene rings is 1. The first-order valence-electron chi connectivity index (χ1n) is 4.15. The predicted octanol–water partition coefficient (Wildman–Crippen LogP) is 3.41. The zero-order valence-electron chi connectivity index (χ0n) is 7.93. The van der Waals surface area contributed by atoms with Gasteiger partial charge >= 0.3 is 6.18 Å². The van der Waals surface area contributed by atoms with Crippen molar-refractivity contribution in [1.82, 2.24) is 0 Å². The van der Waals surface area contributed by atoms with Crippen molar-refractivity contribution in [2.24, 2.45) is 0 Å². The molecule has 14 heavy (non-hydrogen) atoms. The second kappa shape index (κ2) is 4.00. The van der Waals surface area contributed by atoms with Crippen LogP contribution in [0.1, 0.15) is 24.2 Å². The lowest BCUT2D eigenvalue weighted by Gasteiger charge is -2.12. The van der Waals surface area contributed by atoms with Crippen molar-refractivity contribution in [3.8, 4) is 0 Å². The molecule has 0 aromatic heterocycles. The molecule has 78 valence electrons. The standard InChI is InChI=1S/C10H11F3O/c1-7(14-2)8-4-3-5-9(6-8)10(11,12)13/h3-7H,1-2H3. The molecule has 1 nitrogen and oxygen atoms in total. The third-order valence-electron chi connectivity index (χ3n) is 2.04. The summed E-state index contributed by atoms with van der Waals surface area (Å²) < 4.78 is 41.8. The molecule has 0 aliphatic rings. The van der Waals surface area contributed by atoms with E-state index in [1.165, 1.54) is 13.2 Å². The van der Waals surface area contributed by atoms with Gasteiger partial charge in [-0.05, 0) is 24.6 Å². The molecule has 1 atom stereocenters. The average Bonchev–Trinajstić information content (AvgIpc) is 2.15. The van der Waals surface area contributed by atoms with Crippen molar-refractivity contribution in [3.05, 3.63) is 35.4 Å². The summed E-state index contributed by atoms with van der Waals surface area (Å²) in [5.41, 5.74) is -0.110. The number of ether oxygens (including phenoxy) is 1. The number of hydrogen-bond donors (Lipinski definition) is 0. The second-order valence-corrected chi connectivity index (χ2v) is 3.00. The molecule has 0 radical (unpaired) electrons. The smallest absolute Gasteiger partial charge is 0.377 e. The van der Waals surface area contributed by atoms with Crippen LogP contribution in [0.15, 0.2) is 24.3 Å². The molecule has 1 aromatic rings. The third-order valence-corrected chi connectivity index (χ3v) is 2.04. The first-order chi connectivity index (χ1) is 6.45. The molecule has 0 saturated heterocycles. The van der Waals surface area contributed by atoms with Gasteiger partial charge in [-0.1, -0.05) is 12.1 Å². The molecule has 0 heterocycles. The van der Waals surface area contributed by atoms with E-state index in [1.54, 1.807) is 13.0 Å². The van der Waals surface area contributed by atoms with E-state index in [4.69, 9.17) is 4.74 Å². The Hall–Kier alpha value is -1.03. The van der Waals surface area contributed by atoms with E-state index in [-0.39, 0.29) is 6.10 Å². The SMILES string of the molecule is COC(C)c1cccc(C(F)(F)F)c1. The molecule has 0 bridgehead atoms. The fourth-order valence-corrected chi connectivity index (χ4v) is 1.10. The van der Waals surface area contributed by atoms with Gasteiger partial charge in [0.1, 0.15) is 0 Å². The molecule has 0 fully saturated rings. The van der Waals surface area contributed by atoms with Gasteiger partial charge in [0, 0.05) is 7.11 Å². The van der Waals surface area contributed by atoms with Gasteiger partial charge in [-0.3, -0.25) is 0 Å². The minimum Gasteiger partial charge on any atom is -0.377 e. The number of methoxy groups -OCH3 is 1. The molecular formula is C10H11F3O. The molecule has 0 aliphatic carbocycles. The lowest BCUT2D eigenvalue weighted by atomic mass is 10.1. The van der Waals surface area contributed by atoms with Crippen LogP contribution in [0.5, 0.6) is 0 Å². The zero-order valence-corrected chi connectivity index (χ0v) is 7.93. The zero-order chi connectivity index (χ0) is 10.8. The van der Waals surface area contributed by atoms with Gasteiger partial charge in [0.2, 0.25) is 0 Å². The van der Waals surface area contributed by atoms with Crippen molar-refractivity contribution < 1.29 is 17.9 Å². The highest BCUT2D eigenvalue weighted by molar-refractivity contribution is 5.26. The van der Waals surface area contributed by atoms with Crippen LogP contribution in [-0.2, 0) is 10.9 Å². The minimum atomic E-state index is -4.29. The van der Waals surface area contributed by atoms with E-state index in [0.717, 1.165) is 12.1 Å². The molecule has 1 unspecified atom stereocenters. The van der Waals surface area contributed by atoms with Gasteiger partial charge in [0.25, 0.3) is 0 Å². The first-order valence-corrected chi connectivity index (χ1v) is 4.15. The van der Waals surface area contributed by atoms with E-state index in [2.05, 4.69) is 0 Å². The van der Waals surface area contributed by atoms with Crippen molar-refractivity contribution in [3.63, 3.8) is 0 Å². The summed E-state index contributed by atoms with van der Waals surface area (Å²) in [6, 6.07) is 5.15. The number of rotatable bonds is 2. The van der Waals surface area contributed by atoms with Gasteiger partial charge in [-0.2, -0.15) is 13.2 Å². The summed E-state index contributed by atoms with van der Waals surface area (Å²) in [6.45, 7) is 1.70. The minimum absolute atomic E-state index is 0.322. The van der Waals surface area contributed by atoms with E-state index >= 15 is 0 Å². The Bertz CT molecular complexity index is 306. The maximum atomic E-state index is 12.3. The van der Waals surface area contributed by atoms with Crippen LogP contribution in [0, 0.1) is 0 Å². The van der Waals surface area contributed by atoms with Crippen LogP contribution in [0.4, 0.5) is 13.2 Å². The van der Waals surface area contributed by atoms with Crippen molar-refractivity contribution in [1.29, 1.82) is 0 Å². The maximum Gasteiger partial charge on any atom is 0.416 e. The predicted molar refractivity (Wildman–Crippen MR) is 46.9 cm³/mol. The van der Waals surface area contributed by atoms with Crippen molar-refractivity contribution in [2.45, 2.75) is 19.2 Å². The van der Waals surface area contributed by atoms with Crippen molar-refractivity contribution >= 4 is 0 Å². The lowest BCUT2D eigenvalue weighted by molar-refractivity contribution is -0.137. The number of hydrogen-bond acceptors (Lipinski definition) is 1. The first kappa shape index (κ1) is 11.0. The monoisotopic (exact) mass is 204 g/mol. The quantitative estimate of drug-likeness (QED) is 0.717. The largest absolute Gasteiger partial charge is 0.416 e. The molecule has 0 saturated carbocycles. The fraction of sp³-hybridized carbons (Fsp3) is 0.400. The van der Waals surface area contributed by atoms with Crippen LogP contribution >= 0.6 is 0 Å². The summed E-state index contributed by atoms with van der Waals surface area (Å²) >= 11 is 0. The maximum absolute atomic E-state index is 12.3. The van der Waals surface area contributed by atoms with Crippen LogP contribution in [0.3, 0.4) is 0 Å². The molecule has 0 aliphatic heterocycles. The van der Waals surface area contributed by atoms with Gasteiger partial charge in [0.05, 0.1) is 11.7 Å². The Morgan fingerprint density at radius 2 is 1.93 bits per heavy atom. The molecule has 1 aromatic carbocycles. The molecule has 0 N–H and O–H groups in total. The van der Waals surface area contributed by atoms with Crippen LogP contribution in [0.25, 0.3) is 0 Å². The Morgan fingerprint density at radius 3 is 2.43 bits per heavy atom. The van der Waals surface area contributed by atoms with Crippen LogP contribution < -0.4 is 0 Å². The molecule has 0 spiro atoms. The van der Waals surface area contributed by atoms with Gasteiger partial charge in [0.15, 0.2) is 0 Å². The fourth-order valence-electron chi connectivity index (χ4n) is 1.10. The van der Waals surface area contributed by atoms with E-state index in [9.17, 15) is 13.2 Å². The van der Waals surface area contributed by atoms with Crippen LogP contribution in [-0.4, -0.2) is 7.11 Å². The highest BCUT2D eigenvalue weighted by Gasteiger charge is 2.30. The summed E-state index contributed by atoms with van der Waals surface area (Å²) in [5.74, 6) is 0. The topological polar surface area (TPSA) is 9.23 Å². The van der Waals surface area contributed by atoms with E-state index < -0.39 is 11.7 Å². The molecule has 1 rings (SSSR count). The number of halogens is 3. The molecule has 0 amide bonds. The van der Waals surface area contributed by atoms with Crippen LogP contribution in [0.2, 0.25) is 0 Å². The van der Waals surface area contributed by atoms with E-state index in [0.29, 0.717) is 5.56 Å².